The van der Waals surface area contributed by atoms with Gasteiger partial charge in [-0.05, 0) is 42.5 Å². The quantitative estimate of drug-likeness (QED) is 0.854. The van der Waals surface area contributed by atoms with Crippen LogP contribution in [0.5, 0.6) is 0 Å². The number of rotatable bonds is 5. The van der Waals surface area contributed by atoms with Crippen molar-refractivity contribution in [2.75, 3.05) is 6.61 Å². The number of carboxylic acids is 1. The van der Waals surface area contributed by atoms with Crippen molar-refractivity contribution in [3.63, 3.8) is 0 Å². The lowest BCUT2D eigenvalue weighted by atomic mass is 10.0. The van der Waals surface area contributed by atoms with E-state index in [0.717, 1.165) is 25.1 Å². The van der Waals surface area contributed by atoms with Crippen molar-refractivity contribution in [2.24, 2.45) is 5.92 Å². The monoisotopic (exact) mass is 266 g/mol. The molecule has 1 aromatic heterocycles. The molecule has 2 heterocycles. The van der Waals surface area contributed by atoms with Crippen LogP contribution in [0.15, 0.2) is 0 Å². The summed E-state index contributed by atoms with van der Waals surface area (Å²) in [4.78, 5) is 11.0. The van der Waals surface area contributed by atoms with Gasteiger partial charge in [-0.3, -0.25) is 4.79 Å². The normalized spacial score (nSPS) is 28.5. The van der Waals surface area contributed by atoms with E-state index in [2.05, 4.69) is 15.5 Å². The van der Waals surface area contributed by atoms with Gasteiger partial charge in [0.1, 0.15) is 0 Å². The van der Waals surface area contributed by atoms with Gasteiger partial charge in [-0.2, -0.15) is 0 Å². The summed E-state index contributed by atoms with van der Waals surface area (Å²) in [6, 6.07) is -0.115. The predicted molar refractivity (Wildman–Crippen MR) is 64.6 cm³/mol. The van der Waals surface area contributed by atoms with E-state index in [4.69, 9.17) is 9.84 Å². The molecule has 104 valence electrons. The van der Waals surface area contributed by atoms with Gasteiger partial charge in [0.2, 0.25) is 0 Å². The molecule has 2 aliphatic rings. The molecule has 7 heteroatoms. The van der Waals surface area contributed by atoms with Gasteiger partial charge in [0, 0.05) is 12.5 Å². The first kappa shape index (κ1) is 12.5. The van der Waals surface area contributed by atoms with Crippen LogP contribution >= 0.6 is 0 Å². The van der Waals surface area contributed by atoms with Crippen LogP contribution < -0.4 is 0 Å². The molecule has 1 aromatic rings. The van der Waals surface area contributed by atoms with Crippen molar-refractivity contribution in [1.29, 1.82) is 0 Å². The van der Waals surface area contributed by atoms with Gasteiger partial charge < -0.3 is 9.84 Å². The highest BCUT2D eigenvalue weighted by molar-refractivity contribution is 5.67. The van der Waals surface area contributed by atoms with Crippen LogP contribution in [0.4, 0.5) is 0 Å². The fourth-order valence-electron chi connectivity index (χ4n) is 2.86. The third-order valence-electron chi connectivity index (χ3n) is 4.09. The number of hydrogen-bond donors (Lipinski definition) is 1. The molecule has 3 atom stereocenters. The molecule has 3 rings (SSSR count). The molecular weight excluding hydrogens is 248 g/mol. The van der Waals surface area contributed by atoms with Crippen LogP contribution in [-0.2, 0) is 9.53 Å². The first-order valence-corrected chi connectivity index (χ1v) is 6.78. The highest BCUT2D eigenvalue weighted by Gasteiger charge is 2.39. The minimum absolute atomic E-state index is 0.0880. The van der Waals surface area contributed by atoms with E-state index in [-0.39, 0.29) is 24.5 Å². The Morgan fingerprint density at radius 1 is 1.53 bits per heavy atom. The number of carbonyl (C=O) groups is 1. The Kier molecular flexibility index (Phi) is 3.22. The largest absolute Gasteiger partial charge is 0.481 e. The summed E-state index contributed by atoms with van der Waals surface area (Å²) in [6.07, 6.45) is 3.20. The molecule has 1 aliphatic heterocycles. The second kappa shape index (κ2) is 4.88. The van der Waals surface area contributed by atoms with E-state index >= 15 is 0 Å². The molecule has 1 N–H and O–H groups in total. The van der Waals surface area contributed by atoms with Gasteiger partial charge in [0.25, 0.3) is 0 Å². The van der Waals surface area contributed by atoms with Gasteiger partial charge in [-0.25, -0.2) is 4.68 Å². The Labute approximate surface area is 110 Å². The summed E-state index contributed by atoms with van der Waals surface area (Å²) >= 11 is 0. The highest BCUT2D eigenvalue weighted by Crippen LogP contribution is 2.42. The molecule has 1 aliphatic carbocycles. The topological polar surface area (TPSA) is 90.1 Å². The van der Waals surface area contributed by atoms with E-state index < -0.39 is 5.97 Å². The molecule has 1 saturated carbocycles. The second-order valence-electron chi connectivity index (χ2n) is 5.46. The molecular formula is C12H18N4O3. The van der Waals surface area contributed by atoms with Gasteiger partial charge in [0.15, 0.2) is 5.82 Å². The fourth-order valence-corrected chi connectivity index (χ4v) is 2.86. The van der Waals surface area contributed by atoms with Crippen LogP contribution in [-0.4, -0.2) is 44.0 Å². The number of aromatic nitrogens is 4. The fraction of sp³-hybridized carbons (Fsp3) is 0.833. The van der Waals surface area contributed by atoms with Crippen LogP contribution in [0.3, 0.4) is 0 Å². The standard InChI is InChI=1S/C12H18N4O3/c1-7-9(4-5-19-7)12-13-14-15-16(12)10(6-11(17)18)8-2-3-8/h7-10H,2-6H2,1H3,(H,17,18). The van der Waals surface area contributed by atoms with Crippen molar-refractivity contribution in [1.82, 2.24) is 20.2 Å². The molecule has 3 unspecified atom stereocenters. The third kappa shape index (κ3) is 2.47. The Balaban J connectivity index is 1.86. The van der Waals surface area contributed by atoms with Crippen LogP contribution in [0, 0.1) is 5.92 Å². The minimum atomic E-state index is -0.797. The van der Waals surface area contributed by atoms with Gasteiger partial charge in [-0.15, -0.1) is 5.10 Å². The molecule has 2 fully saturated rings. The number of tetrazole rings is 1. The maximum Gasteiger partial charge on any atom is 0.305 e. The Bertz CT molecular complexity index is 471. The van der Waals surface area contributed by atoms with E-state index in [1.54, 1.807) is 4.68 Å². The number of hydrogen-bond acceptors (Lipinski definition) is 5. The number of ether oxygens (including phenoxy) is 1. The summed E-state index contributed by atoms with van der Waals surface area (Å²) in [5, 5.41) is 21.0. The maximum absolute atomic E-state index is 11.0. The average Bonchev–Trinajstić information content (AvgIpc) is 2.94. The Morgan fingerprint density at radius 3 is 2.89 bits per heavy atom. The molecule has 0 spiro atoms. The maximum atomic E-state index is 11.0. The number of carboxylic acid groups (broad SMARTS) is 1. The molecule has 0 bridgehead atoms. The lowest BCUT2D eigenvalue weighted by Gasteiger charge is -2.19. The minimum Gasteiger partial charge on any atom is -0.481 e. The first-order chi connectivity index (χ1) is 9.16. The average molecular weight is 266 g/mol. The SMILES string of the molecule is CC1OCCC1c1nnnn1C(CC(=O)O)C1CC1. The Morgan fingerprint density at radius 2 is 2.32 bits per heavy atom. The summed E-state index contributed by atoms with van der Waals surface area (Å²) < 4.78 is 7.29. The van der Waals surface area contributed by atoms with Gasteiger partial charge in [0.05, 0.1) is 18.6 Å². The van der Waals surface area contributed by atoms with Crippen LogP contribution in [0.1, 0.15) is 50.4 Å². The summed E-state index contributed by atoms with van der Waals surface area (Å²) in [7, 11) is 0. The summed E-state index contributed by atoms with van der Waals surface area (Å²) in [5.41, 5.74) is 0. The third-order valence-corrected chi connectivity index (χ3v) is 4.09. The van der Waals surface area contributed by atoms with Crippen molar-refractivity contribution >= 4 is 5.97 Å². The van der Waals surface area contributed by atoms with Crippen molar-refractivity contribution in [2.45, 2.75) is 50.7 Å². The highest BCUT2D eigenvalue weighted by atomic mass is 16.5. The zero-order valence-corrected chi connectivity index (χ0v) is 10.9. The molecule has 19 heavy (non-hydrogen) atoms. The molecule has 0 aromatic carbocycles. The molecule has 7 nitrogen and oxygen atoms in total. The smallest absolute Gasteiger partial charge is 0.305 e. The number of nitrogens with zero attached hydrogens (tertiary/aromatic N) is 4. The van der Waals surface area contributed by atoms with E-state index in [9.17, 15) is 4.79 Å². The Hall–Kier alpha value is -1.50. The van der Waals surface area contributed by atoms with Crippen molar-refractivity contribution in [3.8, 4) is 0 Å². The number of aliphatic carboxylic acids is 1. The van der Waals surface area contributed by atoms with Gasteiger partial charge >= 0.3 is 5.97 Å². The van der Waals surface area contributed by atoms with E-state index in [1.165, 1.54) is 0 Å². The van der Waals surface area contributed by atoms with Crippen LogP contribution in [0.25, 0.3) is 0 Å². The molecule has 0 radical (unpaired) electrons. The lowest BCUT2D eigenvalue weighted by molar-refractivity contribution is -0.138. The van der Waals surface area contributed by atoms with Crippen molar-refractivity contribution < 1.29 is 14.6 Å². The molecule has 1 saturated heterocycles. The zero-order chi connectivity index (χ0) is 13.4. The van der Waals surface area contributed by atoms with Crippen molar-refractivity contribution in [3.05, 3.63) is 5.82 Å². The zero-order valence-electron chi connectivity index (χ0n) is 10.9. The summed E-state index contributed by atoms with van der Waals surface area (Å²) in [5.74, 6) is 0.554. The van der Waals surface area contributed by atoms with Crippen LogP contribution in [0.2, 0.25) is 0 Å². The molecule has 0 amide bonds. The van der Waals surface area contributed by atoms with E-state index in [1.807, 2.05) is 6.92 Å². The predicted octanol–water partition coefficient (Wildman–Crippen LogP) is 0.991. The van der Waals surface area contributed by atoms with Gasteiger partial charge in [-0.1, -0.05) is 0 Å². The summed E-state index contributed by atoms with van der Waals surface area (Å²) in [6.45, 7) is 2.73. The second-order valence-corrected chi connectivity index (χ2v) is 5.46. The lowest BCUT2D eigenvalue weighted by Crippen LogP contribution is -2.23. The first-order valence-electron chi connectivity index (χ1n) is 6.78. The van der Waals surface area contributed by atoms with E-state index in [0.29, 0.717) is 12.5 Å².